The molecule has 2 rings (SSSR count). The van der Waals surface area contributed by atoms with Gasteiger partial charge in [-0.1, -0.05) is 6.58 Å². The number of aromatic nitrogens is 1. The van der Waals surface area contributed by atoms with E-state index in [0.29, 0.717) is 24.1 Å². The molecular weight excluding hydrogens is 322 g/mol. The Kier molecular flexibility index (Phi) is 5.74. The maximum atomic E-state index is 12.3. The molecule has 1 unspecified atom stereocenters. The van der Waals surface area contributed by atoms with E-state index >= 15 is 0 Å². The van der Waals surface area contributed by atoms with E-state index in [1.165, 1.54) is 11.0 Å². The van der Waals surface area contributed by atoms with Crippen LogP contribution in [-0.2, 0) is 16.6 Å². The molecule has 0 aliphatic carbocycles. The Morgan fingerprint density at radius 1 is 1.36 bits per heavy atom. The number of amides is 3. The van der Waals surface area contributed by atoms with Gasteiger partial charge in [-0.3, -0.25) is 14.4 Å². The lowest BCUT2D eigenvalue weighted by molar-refractivity contribution is -0.144. The summed E-state index contributed by atoms with van der Waals surface area (Å²) in [4.78, 5) is 43.2. The normalized spacial score (nSPS) is 16.6. The van der Waals surface area contributed by atoms with Crippen LogP contribution in [0.25, 0.3) is 0 Å². The topological polar surface area (TPSA) is 87.0 Å². The van der Waals surface area contributed by atoms with Crippen LogP contribution in [0.1, 0.15) is 17.3 Å². The standard InChI is InChI=1S/C17H23N5O3/c1-5-15(23)21-8-9-22(16(24)11-21)12(2)19-14-7-6-13(10-20(14)4)17(25)18-3/h5-7,10,12H,1,8-9,11H2,2-4H3,(H,18,25)/b19-14-. The van der Waals surface area contributed by atoms with Gasteiger partial charge in [-0.25, -0.2) is 4.99 Å². The van der Waals surface area contributed by atoms with Crippen molar-refractivity contribution in [2.24, 2.45) is 12.0 Å². The Labute approximate surface area is 146 Å². The Hall–Kier alpha value is -2.90. The van der Waals surface area contributed by atoms with Crippen LogP contribution in [-0.4, -0.2) is 64.9 Å². The molecular formula is C17H23N5O3. The fraction of sp³-hybridized carbons (Fsp3) is 0.412. The molecule has 3 amide bonds. The van der Waals surface area contributed by atoms with E-state index in [1.807, 2.05) is 6.92 Å². The van der Waals surface area contributed by atoms with E-state index in [-0.39, 0.29) is 30.4 Å². The summed E-state index contributed by atoms with van der Waals surface area (Å²) in [6.45, 7) is 6.18. The van der Waals surface area contributed by atoms with Gasteiger partial charge in [0.2, 0.25) is 11.8 Å². The average Bonchev–Trinajstić information content (AvgIpc) is 2.61. The molecule has 1 fully saturated rings. The zero-order valence-electron chi connectivity index (χ0n) is 14.7. The van der Waals surface area contributed by atoms with E-state index < -0.39 is 0 Å². The molecule has 0 spiro atoms. The quantitative estimate of drug-likeness (QED) is 0.746. The SMILES string of the molecule is C=CC(=O)N1CCN(C(C)/N=c2/ccc(C(=O)NC)cn2C)C(=O)C1. The van der Waals surface area contributed by atoms with Crippen molar-refractivity contribution in [1.82, 2.24) is 19.7 Å². The Morgan fingerprint density at radius 3 is 2.64 bits per heavy atom. The zero-order valence-corrected chi connectivity index (χ0v) is 14.7. The van der Waals surface area contributed by atoms with Crippen molar-refractivity contribution in [2.75, 3.05) is 26.7 Å². The van der Waals surface area contributed by atoms with E-state index in [9.17, 15) is 14.4 Å². The monoisotopic (exact) mass is 345 g/mol. The number of carbonyl (C=O) groups excluding carboxylic acids is 3. The maximum Gasteiger partial charge on any atom is 0.252 e. The zero-order chi connectivity index (χ0) is 18.6. The first-order valence-electron chi connectivity index (χ1n) is 8.00. The van der Waals surface area contributed by atoms with Crippen molar-refractivity contribution in [1.29, 1.82) is 0 Å². The van der Waals surface area contributed by atoms with Crippen LogP contribution in [0.15, 0.2) is 36.0 Å². The first kappa shape index (κ1) is 18.4. The minimum absolute atomic E-state index is 0.0342. The van der Waals surface area contributed by atoms with Gasteiger partial charge in [0.15, 0.2) is 0 Å². The van der Waals surface area contributed by atoms with E-state index in [0.717, 1.165) is 0 Å². The van der Waals surface area contributed by atoms with Gasteiger partial charge >= 0.3 is 0 Å². The van der Waals surface area contributed by atoms with E-state index in [4.69, 9.17) is 0 Å². The second-order valence-electron chi connectivity index (χ2n) is 5.78. The first-order chi connectivity index (χ1) is 11.9. The molecule has 1 aliphatic heterocycles. The predicted molar refractivity (Wildman–Crippen MR) is 92.3 cm³/mol. The summed E-state index contributed by atoms with van der Waals surface area (Å²) in [6.07, 6.45) is 2.53. The summed E-state index contributed by atoms with van der Waals surface area (Å²) < 4.78 is 1.74. The maximum absolute atomic E-state index is 12.3. The van der Waals surface area contributed by atoms with Crippen LogP contribution >= 0.6 is 0 Å². The minimum atomic E-state index is -0.370. The number of piperazine rings is 1. The summed E-state index contributed by atoms with van der Waals surface area (Å²) in [5.74, 6) is -0.565. The fourth-order valence-corrected chi connectivity index (χ4v) is 2.67. The summed E-state index contributed by atoms with van der Waals surface area (Å²) in [7, 11) is 3.37. The van der Waals surface area contributed by atoms with Crippen molar-refractivity contribution < 1.29 is 14.4 Å². The Morgan fingerprint density at radius 2 is 2.08 bits per heavy atom. The largest absolute Gasteiger partial charge is 0.355 e. The molecule has 25 heavy (non-hydrogen) atoms. The third-order valence-electron chi connectivity index (χ3n) is 4.11. The third kappa shape index (κ3) is 4.14. The summed E-state index contributed by atoms with van der Waals surface area (Å²) in [5, 5.41) is 2.57. The smallest absolute Gasteiger partial charge is 0.252 e. The fourth-order valence-electron chi connectivity index (χ4n) is 2.67. The minimum Gasteiger partial charge on any atom is -0.355 e. The van der Waals surface area contributed by atoms with Crippen LogP contribution in [0.2, 0.25) is 0 Å². The van der Waals surface area contributed by atoms with Crippen molar-refractivity contribution in [3.8, 4) is 0 Å². The van der Waals surface area contributed by atoms with Crippen LogP contribution in [0, 0.1) is 0 Å². The van der Waals surface area contributed by atoms with E-state index in [1.54, 1.807) is 41.9 Å². The number of nitrogens with one attached hydrogen (secondary N) is 1. The highest BCUT2D eigenvalue weighted by atomic mass is 16.2. The summed E-state index contributed by atoms with van der Waals surface area (Å²) >= 11 is 0. The summed E-state index contributed by atoms with van der Waals surface area (Å²) in [6, 6.07) is 3.43. The molecule has 1 N–H and O–H groups in total. The molecule has 0 bridgehead atoms. The van der Waals surface area contributed by atoms with Gasteiger partial charge in [0, 0.05) is 33.4 Å². The number of nitrogens with zero attached hydrogens (tertiary/aromatic N) is 4. The average molecular weight is 345 g/mol. The number of rotatable bonds is 4. The van der Waals surface area contributed by atoms with Gasteiger partial charge < -0.3 is 19.7 Å². The lowest BCUT2D eigenvalue weighted by Gasteiger charge is -2.35. The van der Waals surface area contributed by atoms with Crippen LogP contribution in [0.4, 0.5) is 0 Å². The lowest BCUT2D eigenvalue weighted by atomic mass is 10.2. The van der Waals surface area contributed by atoms with E-state index in [2.05, 4.69) is 16.9 Å². The van der Waals surface area contributed by atoms with Crippen molar-refractivity contribution in [3.05, 3.63) is 42.0 Å². The second kappa shape index (κ2) is 7.78. The Bertz CT molecular complexity index is 768. The second-order valence-corrected chi connectivity index (χ2v) is 5.78. The first-order valence-corrected chi connectivity index (χ1v) is 8.00. The molecule has 0 saturated carbocycles. The molecule has 134 valence electrons. The van der Waals surface area contributed by atoms with Crippen LogP contribution in [0.3, 0.4) is 0 Å². The van der Waals surface area contributed by atoms with Gasteiger partial charge in [-0.2, -0.15) is 0 Å². The summed E-state index contributed by atoms with van der Waals surface area (Å²) in [5.41, 5.74) is 1.18. The predicted octanol–water partition coefficient (Wildman–Crippen LogP) is -0.512. The highest BCUT2D eigenvalue weighted by Gasteiger charge is 2.28. The molecule has 1 atom stereocenters. The number of hydrogen-bond donors (Lipinski definition) is 1. The van der Waals surface area contributed by atoms with Gasteiger partial charge in [0.05, 0.1) is 5.56 Å². The van der Waals surface area contributed by atoms with Gasteiger partial charge in [-0.15, -0.1) is 0 Å². The highest BCUT2D eigenvalue weighted by Crippen LogP contribution is 2.09. The molecule has 1 aromatic heterocycles. The van der Waals surface area contributed by atoms with Crippen molar-refractivity contribution in [3.63, 3.8) is 0 Å². The number of carbonyl (C=O) groups is 3. The van der Waals surface area contributed by atoms with Gasteiger partial charge in [-0.05, 0) is 25.1 Å². The highest BCUT2D eigenvalue weighted by molar-refractivity contribution is 5.93. The molecule has 8 heteroatoms. The number of aryl methyl sites for hydroxylation is 1. The van der Waals surface area contributed by atoms with Crippen molar-refractivity contribution in [2.45, 2.75) is 13.1 Å². The van der Waals surface area contributed by atoms with Gasteiger partial charge in [0.25, 0.3) is 5.91 Å². The van der Waals surface area contributed by atoms with Crippen LogP contribution < -0.4 is 10.8 Å². The molecule has 2 heterocycles. The molecule has 8 nitrogen and oxygen atoms in total. The van der Waals surface area contributed by atoms with Crippen LogP contribution in [0.5, 0.6) is 0 Å². The van der Waals surface area contributed by atoms with Gasteiger partial charge in [0.1, 0.15) is 18.2 Å². The molecule has 1 saturated heterocycles. The molecule has 1 aromatic rings. The number of hydrogen-bond acceptors (Lipinski definition) is 4. The number of pyridine rings is 1. The molecule has 0 aromatic carbocycles. The van der Waals surface area contributed by atoms with Crippen molar-refractivity contribution >= 4 is 17.7 Å². The third-order valence-corrected chi connectivity index (χ3v) is 4.11. The molecule has 1 aliphatic rings. The molecule has 0 radical (unpaired) electrons. The lowest BCUT2D eigenvalue weighted by Crippen LogP contribution is -2.54. The Balaban J connectivity index is 2.16.